The van der Waals surface area contributed by atoms with Gasteiger partial charge in [-0.1, -0.05) is 62.7 Å². The van der Waals surface area contributed by atoms with Crippen LogP contribution in [0.5, 0.6) is 11.5 Å². The molecule has 1 fully saturated rings. The number of fused-ring (bicyclic) bond motifs is 1. The van der Waals surface area contributed by atoms with Crippen LogP contribution in [0.4, 0.5) is 26.9 Å². The molecular formula is C35H37N7O5. The van der Waals surface area contributed by atoms with Crippen molar-refractivity contribution in [2.75, 3.05) is 42.3 Å². The summed E-state index contributed by atoms with van der Waals surface area (Å²) in [7, 11) is 0. The van der Waals surface area contributed by atoms with Crippen LogP contribution < -0.4 is 20.7 Å². The fourth-order valence-electron chi connectivity index (χ4n) is 5.01. The first-order chi connectivity index (χ1) is 22.6. The second-order valence-electron chi connectivity index (χ2n) is 12.2. The lowest BCUT2D eigenvalue weighted by Gasteiger charge is -2.24. The Morgan fingerprint density at radius 3 is 2.36 bits per heavy atom. The monoisotopic (exact) mass is 635 g/mol. The molecule has 2 aromatic heterocycles. The predicted octanol–water partition coefficient (Wildman–Crippen LogP) is 7.26. The van der Waals surface area contributed by atoms with Crippen LogP contribution in [0.3, 0.4) is 0 Å². The Kier molecular flexibility index (Phi) is 9.05. The van der Waals surface area contributed by atoms with Crippen LogP contribution >= 0.6 is 0 Å². The van der Waals surface area contributed by atoms with Gasteiger partial charge in [0.15, 0.2) is 0 Å². The highest BCUT2D eigenvalue weighted by molar-refractivity contribution is 6.07. The first kappa shape index (κ1) is 31.5. The van der Waals surface area contributed by atoms with E-state index in [1.165, 1.54) is 6.20 Å². The second kappa shape index (κ2) is 13.5. The summed E-state index contributed by atoms with van der Waals surface area (Å²) >= 11 is 0. The fourth-order valence-corrected chi connectivity index (χ4v) is 5.01. The topological polar surface area (TPSA) is 132 Å². The third-order valence-electron chi connectivity index (χ3n) is 7.50. The lowest BCUT2D eigenvalue weighted by Crippen LogP contribution is -2.39. The lowest BCUT2D eigenvalue weighted by atomic mass is 9.92. The molecule has 0 spiro atoms. The first-order valence-corrected chi connectivity index (χ1v) is 15.4. The number of carbonyl (C=O) groups is 2. The number of aromatic nitrogens is 3. The van der Waals surface area contributed by atoms with Gasteiger partial charge in [-0.2, -0.15) is 5.10 Å². The molecule has 0 radical (unpaired) electrons. The number of benzene rings is 3. The molecule has 3 aromatic carbocycles. The Morgan fingerprint density at radius 2 is 1.62 bits per heavy atom. The maximum atomic E-state index is 13.4. The van der Waals surface area contributed by atoms with Crippen molar-refractivity contribution >= 4 is 40.2 Å². The molecule has 3 amide bonds. The van der Waals surface area contributed by atoms with Crippen molar-refractivity contribution in [3.05, 3.63) is 96.3 Å². The van der Waals surface area contributed by atoms with Crippen molar-refractivity contribution < 1.29 is 23.9 Å². The molecule has 242 valence electrons. The van der Waals surface area contributed by atoms with Crippen molar-refractivity contribution in [3.63, 3.8) is 0 Å². The molecule has 0 atom stereocenters. The van der Waals surface area contributed by atoms with Crippen LogP contribution in [0.25, 0.3) is 16.5 Å². The number of nitrogens with one attached hydrogen (secondary N) is 3. The molecule has 3 heterocycles. The molecule has 1 saturated heterocycles. The number of ether oxygens (including phenoxy) is 2. The molecule has 1 aliphatic rings. The van der Waals surface area contributed by atoms with E-state index in [0.717, 1.165) is 27.7 Å². The molecular weight excluding hydrogens is 598 g/mol. The Balaban J connectivity index is 1.18. The van der Waals surface area contributed by atoms with Gasteiger partial charge in [0.2, 0.25) is 0 Å². The average molecular weight is 636 g/mol. The third kappa shape index (κ3) is 7.68. The highest BCUT2D eigenvalue weighted by Gasteiger charge is 2.22. The Morgan fingerprint density at radius 1 is 0.872 bits per heavy atom. The highest BCUT2D eigenvalue weighted by atomic mass is 16.7. The van der Waals surface area contributed by atoms with E-state index in [0.29, 0.717) is 49.3 Å². The van der Waals surface area contributed by atoms with Crippen molar-refractivity contribution in [1.29, 1.82) is 0 Å². The van der Waals surface area contributed by atoms with Gasteiger partial charge >= 0.3 is 12.1 Å². The minimum Gasteiger partial charge on any atom is -0.457 e. The van der Waals surface area contributed by atoms with Gasteiger partial charge in [-0.15, -0.1) is 5.06 Å². The van der Waals surface area contributed by atoms with E-state index in [4.69, 9.17) is 19.4 Å². The SMILES string of the molecule is Cc1ccc(-n2nc(C(C)(C)C)cc2NC(=O)Nc2ccc(Oc3ccnc(NC(=O)ON4CCOCC4)c3)c3ccccc23)cc1. The molecule has 47 heavy (non-hydrogen) atoms. The van der Waals surface area contributed by atoms with Crippen LogP contribution in [-0.2, 0) is 15.0 Å². The molecule has 6 rings (SSSR count). The van der Waals surface area contributed by atoms with Gasteiger partial charge in [0.05, 0.1) is 43.4 Å². The molecule has 1 aliphatic heterocycles. The molecule has 0 saturated carbocycles. The van der Waals surface area contributed by atoms with Crippen LogP contribution in [0.1, 0.15) is 32.0 Å². The molecule has 12 heteroatoms. The first-order valence-electron chi connectivity index (χ1n) is 15.4. The number of pyridine rings is 1. The zero-order valence-electron chi connectivity index (χ0n) is 26.7. The maximum absolute atomic E-state index is 13.4. The Hall–Kier alpha value is -5.46. The highest BCUT2D eigenvalue weighted by Crippen LogP contribution is 2.35. The standard InChI is InChI=1S/C35H37N7O5/c1-23-9-11-24(12-10-23)42-32(22-30(40-42)35(2,3)4)39-33(43)37-28-13-14-29(27-8-6-5-7-26(27)28)46-25-15-16-36-31(21-25)38-34(44)47-41-17-19-45-20-18-41/h5-16,21-22H,17-20H2,1-4H3,(H,36,38,44)(H2,37,39,43). The van der Waals surface area contributed by atoms with Gasteiger partial charge in [-0.05, 0) is 37.3 Å². The summed E-state index contributed by atoms with van der Waals surface area (Å²) in [5.41, 5.74) is 3.22. The summed E-state index contributed by atoms with van der Waals surface area (Å²) in [5.74, 6) is 1.85. The molecule has 0 aliphatic carbocycles. The normalized spacial score (nSPS) is 13.6. The van der Waals surface area contributed by atoms with Gasteiger partial charge in [-0.3, -0.25) is 10.6 Å². The van der Waals surface area contributed by atoms with Crippen molar-refractivity contribution in [3.8, 4) is 17.2 Å². The van der Waals surface area contributed by atoms with E-state index in [2.05, 4.69) is 41.7 Å². The van der Waals surface area contributed by atoms with E-state index in [-0.39, 0.29) is 11.2 Å². The van der Waals surface area contributed by atoms with E-state index in [9.17, 15) is 9.59 Å². The summed E-state index contributed by atoms with van der Waals surface area (Å²) in [4.78, 5) is 35.3. The number of hydrogen-bond donors (Lipinski definition) is 3. The smallest absolute Gasteiger partial charge is 0.431 e. The summed E-state index contributed by atoms with van der Waals surface area (Å²) in [6.07, 6.45) is 0.890. The third-order valence-corrected chi connectivity index (χ3v) is 7.50. The number of aryl methyl sites for hydroxylation is 1. The quantitative estimate of drug-likeness (QED) is 0.170. The van der Waals surface area contributed by atoms with Crippen molar-refractivity contribution in [1.82, 2.24) is 19.8 Å². The summed E-state index contributed by atoms with van der Waals surface area (Å²) in [5, 5.41) is 16.5. The number of hydrogen-bond acceptors (Lipinski definition) is 8. The number of urea groups is 1. The molecule has 0 bridgehead atoms. The molecule has 0 unspecified atom stereocenters. The molecule has 3 N–H and O–H groups in total. The van der Waals surface area contributed by atoms with E-state index in [1.807, 2.05) is 61.5 Å². The number of morpholine rings is 1. The van der Waals surface area contributed by atoms with Gasteiger partial charge in [0, 0.05) is 34.5 Å². The van der Waals surface area contributed by atoms with Gasteiger partial charge < -0.3 is 19.6 Å². The van der Waals surface area contributed by atoms with Gasteiger partial charge in [0.1, 0.15) is 23.1 Å². The largest absolute Gasteiger partial charge is 0.457 e. The number of amides is 3. The summed E-state index contributed by atoms with van der Waals surface area (Å²) in [6.45, 7) is 10.3. The maximum Gasteiger partial charge on any atom is 0.431 e. The van der Waals surface area contributed by atoms with E-state index >= 15 is 0 Å². The number of carbonyl (C=O) groups excluding carboxylic acids is 2. The number of anilines is 3. The van der Waals surface area contributed by atoms with Crippen molar-refractivity contribution in [2.45, 2.75) is 33.1 Å². The fraction of sp³-hybridized carbons (Fsp3) is 0.257. The average Bonchev–Trinajstić information content (AvgIpc) is 3.47. The Bertz CT molecular complexity index is 1890. The van der Waals surface area contributed by atoms with E-state index in [1.54, 1.807) is 34.0 Å². The zero-order valence-corrected chi connectivity index (χ0v) is 26.7. The minimum absolute atomic E-state index is 0.216. The zero-order chi connectivity index (χ0) is 33.0. The van der Waals surface area contributed by atoms with Gasteiger partial charge in [0.25, 0.3) is 0 Å². The van der Waals surface area contributed by atoms with Crippen LogP contribution in [0, 0.1) is 6.92 Å². The number of hydroxylamine groups is 2. The van der Waals surface area contributed by atoms with Crippen LogP contribution in [0.2, 0.25) is 0 Å². The van der Waals surface area contributed by atoms with Crippen molar-refractivity contribution in [2.24, 2.45) is 0 Å². The predicted molar refractivity (Wildman–Crippen MR) is 180 cm³/mol. The van der Waals surface area contributed by atoms with Crippen LogP contribution in [0.15, 0.2) is 85.1 Å². The molecule has 12 nitrogen and oxygen atoms in total. The molecule has 5 aromatic rings. The number of rotatable bonds is 7. The van der Waals surface area contributed by atoms with E-state index < -0.39 is 12.1 Å². The van der Waals surface area contributed by atoms with Gasteiger partial charge in [-0.25, -0.2) is 19.3 Å². The minimum atomic E-state index is -0.646. The summed E-state index contributed by atoms with van der Waals surface area (Å²) < 4.78 is 13.2. The lowest BCUT2D eigenvalue weighted by molar-refractivity contribution is -0.142. The second-order valence-corrected chi connectivity index (χ2v) is 12.2. The summed E-state index contributed by atoms with van der Waals surface area (Å²) in [6, 6.07) is 23.9. The number of nitrogens with zero attached hydrogens (tertiary/aromatic N) is 4. The van der Waals surface area contributed by atoms with Crippen LogP contribution in [-0.4, -0.2) is 58.3 Å². The Labute approximate surface area is 272 Å².